The Morgan fingerprint density at radius 3 is 2.70 bits per heavy atom. The number of furan rings is 1. The van der Waals surface area contributed by atoms with Gasteiger partial charge in [0.05, 0.1) is 11.1 Å². The lowest BCUT2D eigenvalue weighted by Gasteiger charge is -2.17. The molecule has 20 heavy (non-hydrogen) atoms. The molecule has 1 aromatic carbocycles. The summed E-state index contributed by atoms with van der Waals surface area (Å²) in [6, 6.07) is 6.46. The molecule has 0 amide bonds. The average molecular weight is 361 g/mol. The zero-order valence-corrected chi connectivity index (χ0v) is 13.7. The lowest BCUT2D eigenvalue weighted by molar-refractivity contribution is 0.418. The van der Waals surface area contributed by atoms with Crippen molar-refractivity contribution in [3.8, 4) is 0 Å². The molecule has 0 spiro atoms. The number of hydrogen-bond donors (Lipinski definition) is 1. The fourth-order valence-corrected chi connectivity index (χ4v) is 2.55. The summed E-state index contributed by atoms with van der Waals surface area (Å²) in [4.78, 5) is 0. The molecule has 2 aromatic rings. The van der Waals surface area contributed by atoms with Crippen LogP contribution in [0.4, 0.5) is 4.39 Å². The van der Waals surface area contributed by atoms with E-state index >= 15 is 0 Å². The van der Waals surface area contributed by atoms with Gasteiger partial charge in [0.25, 0.3) is 0 Å². The van der Waals surface area contributed by atoms with Gasteiger partial charge in [-0.05, 0) is 46.7 Å². The zero-order valence-electron chi connectivity index (χ0n) is 11.3. The van der Waals surface area contributed by atoms with E-state index in [0.717, 1.165) is 12.2 Å². The van der Waals surface area contributed by atoms with Gasteiger partial charge in [0.2, 0.25) is 0 Å². The Kier molecular flexibility index (Phi) is 5.24. The van der Waals surface area contributed by atoms with Gasteiger partial charge in [-0.15, -0.1) is 0 Å². The van der Waals surface area contributed by atoms with E-state index < -0.39 is 0 Å². The first kappa shape index (κ1) is 15.5. The lowest BCUT2D eigenvalue weighted by atomic mass is 10.0. The van der Waals surface area contributed by atoms with E-state index in [0.29, 0.717) is 27.4 Å². The maximum atomic E-state index is 14.2. The third-order valence-corrected chi connectivity index (χ3v) is 4.27. The van der Waals surface area contributed by atoms with Gasteiger partial charge in [0.15, 0.2) is 0 Å². The number of aryl methyl sites for hydroxylation is 1. The minimum absolute atomic E-state index is 0.318. The molecule has 0 fully saturated rings. The quantitative estimate of drug-likeness (QED) is 0.751. The maximum Gasteiger partial charge on any atom is 0.129 e. The van der Waals surface area contributed by atoms with E-state index in [1.165, 1.54) is 6.07 Å². The molecule has 0 aliphatic rings. The Balaban J connectivity index is 2.45. The summed E-state index contributed by atoms with van der Waals surface area (Å²) in [6.45, 7) is 4.68. The van der Waals surface area contributed by atoms with Gasteiger partial charge in [0.1, 0.15) is 17.3 Å². The highest BCUT2D eigenvalue weighted by atomic mass is 79.9. The minimum Gasteiger partial charge on any atom is -0.464 e. The summed E-state index contributed by atoms with van der Waals surface area (Å²) in [6.07, 6.45) is 0.808. The van der Waals surface area contributed by atoms with Crippen LogP contribution in [0.25, 0.3) is 0 Å². The van der Waals surface area contributed by atoms with E-state index in [2.05, 4.69) is 21.2 Å². The molecule has 1 aromatic heterocycles. The maximum absolute atomic E-state index is 14.2. The topological polar surface area (TPSA) is 25.2 Å². The highest BCUT2D eigenvalue weighted by Crippen LogP contribution is 2.32. The van der Waals surface area contributed by atoms with Crippen molar-refractivity contribution in [2.24, 2.45) is 0 Å². The Hall–Kier alpha value is -0.840. The standard InChI is InChI=1S/C15H16BrClFNO/c1-3-9-5-6-14(20-9)15(19-4-2)10-7-12(17)11(16)8-13(10)18/h5-8,15,19H,3-4H2,1-2H3. The van der Waals surface area contributed by atoms with E-state index in [-0.39, 0.29) is 11.9 Å². The van der Waals surface area contributed by atoms with Gasteiger partial charge in [0, 0.05) is 16.5 Å². The number of benzene rings is 1. The number of rotatable bonds is 5. The van der Waals surface area contributed by atoms with Crippen molar-refractivity contribution >= 4 is 27.5 Å². The lowest BCUT2D eigenvalue weighted by Crippen LogP contribution is -2.22. The summed E-state index contributed by atoms with van der Waals surface area (Å²) in [5.41, 5.74) is 0.483. The van der Waals surface area contributed by atoms with Crippen molar-refractivity contribution < 1.29 is 8.81 Å². The number of halogens is 3. The molecule has 0 radical (unpaired) electrons. The van der Waals surface area contributed by atoms with E-state index in [1.54, 1.807) is 6.07 Å². The van der Waals surface area contributed by atoms with Crippen molar-refractivity contribution in [2.45, 2.75) is 26.3 Å². The molecular weight excluding hydrogens is 345 g/mol. The molecular formula is C15H16BrClFNO. The largest absolute Gasteiger partial charge is 0.464 e. The first-order valence-corrected chi connectivity index (χ1v) is 7.70. The van der Waals surface area contributed by atoms with Crippen LogP contribution in [0.2, 0.25) is 5.02 Å². The monoisotopic (exact) mass is 359 g/mol. The second-order valence-corrected chi connectivity index (χ2v) is 5.70. The molecule has 0 bridgehead atoms. The van der Waals surface area contributed by atoms with Gasteiger partial charge in [-0.2, -0.15) is 0 Å². The van der Waals surface area contributed by atoms with Crippen LogP contribution in [0.15, 0.2) is 33.2 Å². The molecule has 108 valence electrons. The molecule has 0 saturated carbocycles. The molecule has 0 aliphatic heterocycles. The molecule has 2 rings (SSSR count). The van der Waals surface area contributed by atoms with E-state index in [1.807, 2.05) is 26.0 Å². The van der Waals surface area contributed by atoms with Crippen molar-refractivity contribution in [3.05, 3.63) is 56.7 Å². The molecule has 0 saturated heterocycles. The molecule has 0 aliphatic carbocycles. The predicted molar refractivity (Wildman–Crippen MR) is 82.7 cm³/mol. The summed E-state index contributed by atoms with van der Waals surface area (Å²) in [5, 5.41) is 3.71. The Labute approximate surface area is 131 Å². The van der Waals surface area contributed by atoms with Crippen LogP contribution in [-0.4, -0.2) is 6.54 Å². The normalized spacial score (nSPS) is 12.7. The van der Waals surface area contributed by atoms with Gasteiger partial charge in [-0.25, -0.2) is 4.39 Å². The van der Waals surface area contributed by atoms with E-state index in [4.69, 9.17) is 16.0 Å². The summed E-state index contributed by atoms with van der Waals surface area (Å²) >= 11 is 9.30. The van der Waals surface area contributed by atoms with Crippen LogP contribution < -0.4 is 5.32 Å². The second kappa shape index (κ2) is 6.74. The van der Waals surface area contributed by atoms with Crippen molar-refractivity contribution in [3.63, 3.8) is 0 Å². The van der Waals surface area contributed by atoms with Gasteiger partial charge < -0.3 is 9.73 Å². The highest BCUT2D eigenvalue weighted by molar-refractivity contribution is 9.10. The van der Waals surface area contributed by atoms with Crippen LogP contribution in [0, 0.1) is 5.82 Å². The average Bonchev–Trinajstić information content (AvgIpc) is 2.89. The van der Waals surface area contributed by atoms with Crippen molar-refractivity contribution in [2.75, 3.05) is 6.54 Å². The molecule has 1 heterocycles. The molecule has 2 nitrogen and oxygen atoms in total. The molecule has 5 heteroatoms. The summed E-state index contributed by atoms with van der Waals surface area (Å²) < 4.78 is 20.5. The summed E-state index contributed by atoms with van der Waals surface area (Å²) in [5.74, 6) is 1.26. The van der Waals surface area contributed by atoms with Crippen molar-refractivity contribution in [1.29, 1.82) is 0 Å². The zero-order chi connectivity index (χ0) is 14.7. The SMILES string of the molecule is CCNC(c1ccc(CC)o1)c1cc(Cl)c(Br)cc1F. The third-order valence-electron chi connectivity index (χ3n) is 3.07. The smallest absolute Gasteiger partial charge is 0.129 e. The number of nitrogens with one attached hydrogen (secondary N) is 1. The summed E-state index contributed by atoms with van der Waals surface area (Å²) in [7, 11) is 0. The second-order valence-electron chi connectivity index (χ2n) is 4.44. The molecule has 1 atom stereocenters. The van der Waals surface area contributed by atoms with Crippen molar-refractivity contribution in [1.82, 2.24) is 5.32 Å². The van der Waals surface area contributed by atoms with Gasteiger partial charge in [-0.1, -0.05) is 25.4 Å². The van der Waals surface area contributed by atoms with Crippen LogP contribution in [-0.2, 0) is 6.42 Å². The van der Waals surface area contributed by atoms with Gasteiger partial charge in [-0.3, -0.25) is 0 Å². The minimum atomic E-state index is -0.342. The van der Waals surface area contributed by atoms with Crippen LogP contribution in [0.3, 0.4) is 0 Å². The van der Waals surface area contributed by atoms with E-state index in [9.17, 15) is 4.39 Å². The van der Waals surface area contributed by atoms with Crippen LogP contribution in [0.5, 0.6) is 0 Å². The van der Waals surface area contributed by atoms with Crippen LogP contribution in [0.1, 0.15) is 37.0 Å². The Bertz CT molecular complexity index is 600. The first-order valence-electron chi connectivity index (χ1n) is 6.53. The molecule has 1 unspecified atom stereocenters. The highest BCUT2D eigenvalue weighted by Gasteiger charge is 2.21. The fourth-order valence-electron chi connectivity index (χ4n) is 2.07. The molecule has 1 N–H and O–H groups in total. The number of hydrogen-bond acceptors (Lipinski definition) is 2. The van der Waals surface area contributed by atoms with Gasteiger partial charge >= 0.3 is 0 Å². The Morgan fingerprint density at radius 1 is 1.35 bits per heavy atom. The third kappa shape index (κ3) is 3.25. The fraction of sp³-hybridized carbons (Fsp3) is 0.333. The van der Waals surface area contributed by atoms with Crippen LogP contribution >= 0.6 is 27.5 Å². The Morgan fingerprint density at radius 2 is 2.10 bits per heavy atom. The predicted octanol–water partition coefficient (Wildman–Crippen LogP) is 5.10. The first-order chi connectivity index (χ1) is 9.56.